The normalized spacial score (nSPS) is 12.6. The van der Waals surface area contributed by atoms with Gasteiger partial charge in [-0.2, -0.15) is 0 Å². The minimum Gasteiger partial charge on any atom is -0.441 e. The van der Waals surface area contributed by atoms with Crippen molar-refractivity contribution in [3.63, 3.8) is 0 Å². The van der Waals surface area contributed by atoms with Crippen LogP contribution in [-0.4, -0.2) is 31.2 Å². The molecule has 4 nitrogen and oxygen atoms in total. The number of benzene rings is 1. The van der Waals surface area contributed by atoms with Crippen molar-refractivity contribution < 1.29 is 14.3 Å². The number of amides is 1. The van der Waals surface area contributed by atoms with Gasteiger partial charge in [-0.3, -0.25) is 0 Å². The average molecular weight is 414 g/mol. The number of rotatable bonds is 11. The Hall–Kier alpha value is -1.07. The second kappa shape index (κ2) is 12.3. The van der Waals surface area contributed by atoms with Gasteiger partial charge < -0.3 is 14.8 Å². The Morgan fingerprint density at radius 3 is 2.40 bits per heavy atom. The molecule has 0 aliphatic heterocycles. The van der Waals surface area contributed by atoms with Crippen LogP contribution in [0.15, 0.2) is 30.3 Å². The highest BCUT2D eigenvalue weighted by molar-refractivity contribution is 9.09. The van der Waals surface area contributed by atoms with Crippen LogP contribution in [0, 0.1) is 5.41 Å². The third-order valence-electron chi connectivity index (χ3n) is 3.80. The van der Waals surface area contributed by atoms with E-state index in [4.69, 9.17) is 9.47 Å². The Morgan fingerprint density at radius 2 is 1.76 bits per heavy atom. The summed E-state index contributed by atoms with van der Waals surface area (Å²) in [5.41, 5.74) is 0.828. The molecule has 1 atom stereocenters. The third-order valence-corrected chi connectivity index (χ3v) is 4.36. The quantitative estimate of drug-likeness (QED) is 0.386. The second-order valence-electron chi connectivity index (χ2n) is 7.20. The molecule has 0 radical (unpaired) electrons. The number of unbranched alkanes of at least 4 members (excludes halogenated alkanes) is 3. The van der Waals surface area contributed by atoms with Crippen LogP contribution in [0.3, 0.4) is 0 Å². The molecular weight excluding hydrogens is 382 g/mol. The number of hydrogen-bond donors (Lipinski definition) is 1. The molecule has 1 unspecified atom stereocenters. The largest absolute Gasteiger partial charge is 0.441 e. The zero-order valence-electron chi connectivity index (χ0n) is 15.7. The molecule has 5 heteroatoms. The van der Waals surface area contributed by atoms with Gasteiger partial charge in [-0.05, 0) is 18.4 Å². The maximum Gasteiger partial charge on any atom is 0.407 e. The number of alkyl carbamates (subject to hydrolysis) is 1. The maximum absolute atomic E-state index is 12.1. The van der Waals surface area contributed by atoms with Gasteiger partial charge in [0.1, 0.15) is 6.10 Å². The van der Waals surface area contributed by atoms with Crippen LogP contribution in [0.4, 0.5) is 4.79 Å². The molecule has 0 spiro atoms. The van der Waals surface area contributed by atoms with Crippen molar-refractivity contribution in [1.29, 1.82) is 0 Å². The highest BCUT2D eigenvalue weighted by Gasteiger charge is 2.29. The van der Waals surface area contributed by atoms with Crippen molar-refractivity contribution in [3.05, 3.63) is 35.9 Å². The fourth-order valence-corrected chi connectivity index (χ4v) is 2.90. The number of halogens is 1. The molecule has 0 heterocycles. The maximum atomic E-state index is 12.1. The van der Waals surface area contributed by atoms with E-state index in [9.17, 15) is 4.79 Å². The average Bonchev–Trinajstić information content (AvgIpc) is 2.58. The first-order valence-electron chi connectivity index (χ1n) is 9.08. The molecule has 0 bridgehead atoms. The standard InChI is InChI=1S/C20H32BrNO3/c1-20(2,3)18(17-11-7-6-8-12-17)25-19(23)22-14-16-24-15-10-5-4-9-13-21/h6-8,11-12,18H,4-5,9-10,13-16H2,1-3H3,(H,22,23). The number of alkyl halides is 1. The summed E-state index contributed by atoms with van der Waals surface area (Å²) in [5, 5.41) is 3.84. The molecule has 0 saturated carbocycles. The molecule has 1 rings (SSSR count). The van der Waals surface area contributed by atoms with Gasteiger partial charge in [-0.25, -0.2) is 4.79 Å². The second-order valence-corrected chi connectivity index (χ2v) is 8.00. The zero-order valence-corrected chi connectivity index (χ0v) is 17.3. The predicted molar refractivity (Wildman–Crippen MR) is 106 cm³/mol. The van der Waals surface area contributed by atoms with Gasteiger partial charge in [0.05, 0.1) is 6.61 Å². The molecule has 1 aromatic carbocycles. The van der Waals surface area contributed by atoms with Crippen LogP contribution in [0.25, 0.3) is 0 Å². The van der Waals surface area contributed by atoms with Crippen molar-refractivity contribution in [2.45, 2.75) is 52.6 Å². The summed E-state index contributed by atoms with van der Waals surface area (Å²) in [6, 6.07) is 9.85. The summed E-state index contributed by atoms with van der Waals surface area (Å²) in [6.45, 7) is 7.92. The Bertz CT molecular complexity index is 474. The molecular formula is C20H32BrNO3. The number of carbonyl (C=O) groups is 1. The van der Waals surface area contributed by atoms with E-state index in [-0.39, 0.29) is 11.5 Å². The Labute approximate surface area is 160 Å². The van der Waals surface area contributed by atoms with Gasteiger partial charge >= 0.3 is 6.09 Å². The zero-order chi connectivity index (χ0) is 18.5. The fraction of sp³-hybridized carbons (Fsp3) is 0.650. The minimum absolute atomic E-state index is 0.176. The molecule has 0 fully saturated rings. The summed E-state index contributed by atoms with van der Waals surface area (Å²) in [7, 11) is 0. The fourth-order valence-electron chi connectivity index (χ4n) is 2.50. The van der Waals surface area contributed by atoms with E-state index in [2.05, 4.69) is 42.0 Å². The molecule has 1 N–H and O–H groups in total. The van der Waals surface area contributed by atoms with E-state index in [1.165, 1.54) is 19.3 Å². The first-order valence-corrected chi connectivity index (χ1v) is 10.2. The van der Waals surface area contributed by atoms with Crippen molar-refractivity contribution in [2.75, 3.05) is 25.1 Å². The van der Waals surface area contributed by atoms with Gasteiger partial charge in [0.2, 0.25) is 0 Å². The third kappa shape index (κ3) is 9.85. The van der Waals surface area contributed by atoms with E-state index < -0.39 is 6.09 Å². The lowest BCUT2D eigenvalue weighted by Gasteiger charge is -2.30. The number of ether oxygens (including phenoxy) is 2. The van der Waals surface area contributed by atoms with E-state index in [0.29, 0.717) is 13.2 Å². The minimum atomic E-state index is -0.398. The molecule has 0 aliphatic rings. The van der Waals surface area contributed by atoms with Crippen LogP contribution >= 0.6 is 15.9 Å². The molecule has 142 valence electrons. The summed E-state index contributed by atoms with van der Waals surface area (Å²) in [4.78, 5) is 12.1. The smallest absolute Gasteiger partial charge is 0.407 e. The molecule has 0 aromatic heterocycles. The van der Waals surface area contributed by atoms with Crippen molar-refractivity contribution in [1.82, 2.24) is 5.32 Å². The van der Waals surface area contributed by atoms with Gasteiger partial charge in [0.15, 0.2) is 0 Å². The van der Waals surface area contributed by atoms with E-state index in [0.717, 1.165) is 23.9 Å². The van der Waals surface area contributed by atoms with Crippen molar-refractivity contribution in [3.8, 4) is 0 Å². The number of nitrogens with one attached hydrogen (secondary N) is 1. The Kier molecular flexibility index (Phi) is 10.8. The summed E-state index contributed by atoms with van der Waals surface area (Å²) < 4.78 is 11.2. The number of hydrogen-bond acceptors (Lipinski definition) is 3. The summed E-state index contributed by atoms with van der Waals surface area (Å²) in [5.74, 6) is 0. The van der Waals surface area contributed by atoms with Crippen LogP contribution in [0.2, 0.25) is 0 Å². The number of carbonyl (C=O) groups excluding carboxylic acids is 1. The first-order chi connectivity index (χ1) is 11.9. The monoisotopic (exact) mass is 413 g/mol. The van der Waals surface area contributed by atoms with Crippen molar-refractivity contribution >= 4 is 22.0 Å². The lowest BCUT2D eigenvalue weighted by molar-refractivity contribution is 0.0286. The Balaban J connectivity index is 2.25. The highest BCUT2D eigenvalue weighted by Crippen LogP contribution is 2.35. The van der Waals surface area contributed by atoms with Crippen LogP contribution in [-0.2, 0) is 9.47 Å². The Morgan fingerprint density at radius 1 is 1.08 bits per heavy atom. The molecule has 25 heavy (non-hydrogen) atoms. The summed E-state index contributed by atoms with van der Waals surface area (Å²) in [6.07, 6.45) is 4.01. The molecule has 1 amide bonds. The van der Waals surface area contributed by atoms with Gasteiger partial charge in [0.25, 0.3) is 0 Å². The molecule has 1 aromatic rings. The SMILES string of the molecule is CC(C)(C)C(OC(=O)NCCOCCCCCCBr)c1ccccc1. The van der Waals surface area contributed by atoms with Gasteiger partial charge in [-0.15, -0.1) is 0 Å². The van der Waals surface area contributed by atoms with Crippen LogP contribution < -0.4 is 5.32 Å². The molecule has 0 saturated heterocycles. The predicted octanol–water partition coefficient (Wildman–Crippen LogP) is 5.47. The van der Waals surface area contributed by atoms with Crippen LogP contribution in [0.1, 0.15) is 58.1 Å². The van der Waals surface area contributed by atoms with E-state index in [1.54, 1.807) is 0 Å². The highest BCUT2D eigenvalue weighted by atomic mass is 79.9. The summed E-state index contributed by atoms with van der Waals surface area (Å²) >= 11 is 3.43. The lowest BCUT2D eigenvalue weighted by atomic mass is 9.84. The van der Waals surface area contributed by atoms with Gasteiger partial charge in [0, 0.05) is 23.9 Å². The van der Waals surface area contributed by atoms with Crippen LogP contribution in [0.5, 0.6) is 0 Å². The van der Waals surface area contributed by atoms with Crippen molar-refractivity contribution in [2.24, 2.45) is 5.41 Å². The lowest BCUT2D eigenvalue weighted by Crippen LogP contribution is -2.32. The van der Waals surface area contributed by atoms with Gasteiger partial charge in [-0.1, -0.05) is 79.9 Å². The van der Waals surface area contributed by atoms with E-state index >= 15 is 0 Å². The first kappa shape index (κ1) is 22.0. The molecule has 0 aliphatic carbocycles. The topological polar surface area (TPSA) is 47.6 Å². The van der Waals surface area contributed by atoms with E-state index in [1.807, 2.05) is 30.3 Å².